The summed E-state index contributed by atoms with van der Waals surface area (Å²) in [6, 6.07) is 6.42. The number of rotatable bonds is 3. The zero-order valence-corrected chi connectivity index (χ0v) is 17.6. The van der Waals surface area contributed by atoms with Crippen LogP contribution in [0.25, 0.3) is 11.1 Å². The van der Waals surface area contributed by atoms with Crippen LogP contribution in [0, 0.1) is 23.4 Å². The Kier molecular flexibility index (Phi) is 5.31. The van der Waals surface area contributed by atoms with Gasteiger partial charge in [0.25, 0.3) is 0 Å². The number of carbonyl (C=O) groups is 2. The average molecular weight is 431 g/mol. The highest BCUT2D eigenvalue weighted by atomic mass is 19.1. The predicted octanol–water partition coefficient (Wildman–Crippen LogP) is 5.28. The lowest BCUT2D eigenvalue weighted by molar-refractivity contribution is -0.144. The summed E-state index contributed by atoms with van der Waals surface area (Å²) in [5.74, 6) is -2.51. The van der Waals surface area contributed by atoms with Crippen molar-refractivity contribution in [3.63, 3.8) is 0 Å². The summed E-state index contributed by atoms with van der Waals surface area (Å²) in [5.41, 5.74) is -0.417. The molecule has 31 heavy (non-hydrogen) atoms. The van der Waals surface area contributed by atoms with Gasteiger partial charge < -0.3 is 4.74 Å². The van der Waals surface area contributed by atoms with Crippen LogP contribution in [0.1, 0.15) is 39.2 Å². The predicted molar refractivity (Wildman–Crippen MR) is 109 cm³/mol. The van der Waals surface area contributed by atoms with Crippen LogP contribution in [-0.4, -0.2) is 34.5 Å². The number of ketones is 1. The van der Waals surface area contributed by atoms with E-state index in [0.29, 0.717) is 12.8 Å². The Morgan fingerprint density at radius 1 is 1.10 bits per heavy atom. The third kappa shape index (κ3) is 4.18. The van der Waals surface area contributed by atoms with E-state index in [1.807, 2.05) is 0 Å². The van der Waals surface area contributed by atoms with Gasteiger partial charge in [-0.2, -0.15) is 0 Å². The van der Waals surface area contributed by atoms with Crippen molar-refractivity contribution in [2.45, 2.75) is 57.7 Å². The summed E-state index contributed by atoms with van der Waals surface area (Å²) in [6.07, 6.45) is 0.583. The fourth-order valence-electron chi connectivity index (χ4n) is 4.38. The fourth-order valence-corrected chi connectivity index (χ4v) is 4.38. The number of hydrogen-bond acceptors (Lipinski definition) is 3. The van der Waals surface area contributed by atoms with Crippen LogP contribution in [0.5, 0.6) is 0 Å². The SMILES string of the molecule is CC(C)(C)OC(=O)N1C2CC(C2)C(=O)C1Cc1cccc(-c2cc(F)cc(F)c2)c1F. The van der Waals surface area contributed by atoms with Gasteiger partial charge in [-0.05, 0) is 56.9 Å². The monoisotopic (exact) mass is 431 g/mol. The van der Waals surface area contributed by atoms with Crippen LogP contribution in [0.2, 0.25) is 0 Å². The first kappa shape index (κ1) is 21.4. The van der Waals surface area contributed by atoms with Crippen molar-refractivity contribution in [2.75, 3.05) is 0 Å². The van der Waals surface area contributed by atoms with E-state index in [0.717, 1.165) is 18.2 Å². The molecule has 0 aromatic heterocycles. The van der Waals surface area contributed by atoms with Gasteiger partial charge in [-0.25, -0.2) is 18.0 Å². The van der Waals surface area contributed by atoms with Gasteiger partial charge in [0.15, 0.2) is 5.78 Å². The highest BCUT2D eigenvalue weighted by Crippen LogP contribution is 2.42. The van der Waals surface area contributed by atoms with Crippen LogP contribution >= 0.6 is 0 Å². The molecule has 1 amide bonds. The largest absolute Gasteiger partial charge is 0.444 e. The van der Waals surface area contributed by atoms with E-state index < -0.39 is 35.2 Å². The Hall–Kier alpha value is -2.83. The molecule has 2 aromatic carbocycles. The Bertz CT molecular complexity index is 1020. The molecule has 2 aromatic rings. The standard InChI is InChI=1S/C24H24F3NO3/c1-24(2,3)31-23(30)28-18-9-15(10-18)22(29)20(28)11-13-5-4-6-19(21(13)27)14-7-16(25)12-17(26)8-14/h4-8,12,15,18,20H,9-11H2,1-3H3. The van der Waals surface area contributed by atoms with Crippen LogP contribution in [-0.2, 0) is 16.0 Å². The molecule has 0 spiro atoms. The lowest BCUT2D eigenvalue weighted by Crippen LogP contribution is -2.65. The molecule has 0 N–H and O–H groups in total. The Balaban J connectivity index is 1.65. The van der Waals surface area contributed by atoms with Crippen LogP contribution in [0.4, 0.5) is 18.0 Å². The summed E-state index contributed by atoms with van der Waals surface area (Å²) in [4.78, 5) is 27.2. The molecule has 1 unspecified atom stereocenters. The summed E-state index contributed by atoms with van der Waals surface area (Å²) in [6.45, 7) is 5.24. The molecule has 164 valence electrons. The quantitative estimate of drug-likeness (QED) is 0.664. The fraction of sp³-hybridized carbons (Fsp3) is 0.417. The van der Waals surface area contributed by atoms with E-state index in [9.17, 15) is 18.4 Å². The molecule has 2 bridgehead atoms. The second kappa shape index (κ2) is 7.70. The number of carbonyl (C=O) groups excluding carboxylic acids is 2. The molecule has 1 atom stereocenters. The zero-order valence-electron chi connectivity index (χ0n) is 17.6. The maximum Gasteiger partial charge on any atom is 0.411 e. The molecule has 3 aliphatic rings. The molecule has 1 saturated carbocycles. The molecule has 7 heteroatoms. The molecular weight excluding hydrogens is 407 g/mol. The van der Waals surface area contributed by atoms with Crippen molar-refractivity contribution in [1.29, 1.82) is 0 Å². The smallest absolute Gasteiger partial charge is 0.411 e. The van der Waals surface area contributed by atoms with E-state index in [1.54, 1.807) is 26.8 Å². The van der Waals surface area contributed by atoms with Gasteiger partial charge in [0.2, 0.25) is 0 Å². The maximum absolute atomic E-state index is 15.3. The van der Waals surface area contributed by atoms with Gasteiger partial charge in [-0.1, -0.05) is 18.2 Å². The number of Topliss-reactive ketones (excluding diaryl/α,β-unsaturated/α-hetero) is 1. The summed E-state index contributed by atoms with van der Waals surface area (Å²) >= 11 is 0. The average Bonchev–Trinajstić information content (AvgIpc) is 2.61. The summed E-state index contributed by atoms with van der Waals surface area (Å²) in [5, 5.41) is 0. The topological polar surface area (TPSA) is 46.6 Å². The molecular formula is C24H24F3NO3. The molecule has 2 saturated heterocycles. The third-order valence-electron chi connectivity index (χ3n) is 5.84. The van der Waals surface area contributed by atoms with Crippen molar-refractivity contribution in [1.82, 2.24) is 4.90 Å². The highest BCUT2D eigenvalue weighted by Gasteiger charge is 2.53. The zero-order chi connectivity index (χ0) is 22.5. The van der Waals surface area contributed by atoms with E-state index in [2.05, 4.69) is 0 Å². The minimum absolute atomic E-state index is 0.0253. The van der Waals surface area contributed by atoms with Crippen LogP contribution < -0.4 is 0 Å². The van der Waals surface area contributed by atoms with Crippen molar-refractivity contribution in [3.8, 4) is 11.1 Å². The number of halogens is 3. The van der Waals surface area contributed by atoms with Gasteiger partial charge in [0, 0.05) is 30.0 Å². The number of fused-ring (bicyclic) bond motifs is 2. The molecule has 3 fully saturated rings. The number of nitrogens with zero attached hydrogens (tertiary/aromatic N) is 1. The second-order valence-corrected chi connectivity index (χ2v) is 9.27. The van der Waals surface area contributed by atoms with Gasteiger partial charge in [-0.15, -0.1) is 0 Å². The first-order chi connectivity index (χ1) is 14.5. The van der Waals surface area contributed by atoms with E-state index >= 15 is 4.39 Å². The molecule has 1 aliphatic carbocycles. The minimum Gasteiger partial charge on any atom is -0.444 e. The lowest BCUT2D eigenvalue weighted by atomic mass is 9.69. The Morgan fingerprint density at radius 2 is 1.74 bits per heavy atom. The minimum atomic E-state index is -0.832. The number of benzene rings is 2. The molecule has 4 nitrogen and oxygen atoms in total. The van der Waals surface area contributed by atoms with E-state index in [1.165, 1.54) is 17.0 Å². The van der Waals surface area contributed by atoms with Gasteiger partial charge >= 0.3 is 6.09 Å². The number of amides is 1. The first-order valence-corrected chi connectivity index (χ1v) is 10.3. The van der Waals surface area contributed by atoms with Gasteiger partial charge in [0.1, 0.15) is 23.1 Å². The molecule has 5 rings (SSSR count). The number of ether oxygens (including phenoxy) is 1. The van der Waals surface area contributed by atoms with Crippen molar-refractivity contribution < 1.29 is 27.5 Å². The number of hydrogen-bond donors (Lipinski definition) is 0. The second-order valence-electron chi connectivity index (χ2n) is 9.27. The third-order valence-corrected chi connectivity index (χ3v) is 5.84. The number of piperidine rings is 2. The van der Waals surface area contributed by atoms with Crippen LogP contribution in [0.15, 0.2) is 36.4 Å². The Morgan fingerprint density at radius 3 is 2.35 bits per heavy atom. The van der Waals surface area contributed by atoms with Gasteiger partial charge in [0.05, 0.1) is 6.04 Å². The van der Waals surface area contributed by atoms with Crippen molar-refractivity contribution in [3.05, 3.63) is 59.4 Å². The van der Waals surface area contributed by atoms with E-state index in [-0.39, 0.29) is 40.9 Å². The molecule has 0 radical (unpaired) electrons. The highest BCUT2D eigenvalue weighted by molar-refractivity contribution is 5.93. The normalized spacial score (nSPS) is 22.8. The van der Waals surface area contributed by atoms with Crippen LogP contribution in [0.3, 0.4) is 0 Å². The van der Waals surface area contributed by atoms with E-state index in [4.69, 9.17) is 4.74 Å². The summed E-state index contributed by atoms with van der Waals surface area (Å²) in [7, 11) is 0. The molecule has 2 aliphatic heterocycles. The lowest BCUT2D eigenvalue weighted by Gasteiger charge is -2.52. The van der Waals surface area contributed by atoms with Crippen molar-refractivity contribution in [2.24, 2.45) is 5.92 Å². The first-order valence-electron chi connectivity index (χ1n) is 10.3. The Labute approximate surface area is 179 Å². The molecule has 2 heterocycles. The maximum atomic E-state index is 15.3. The summed E-state index contributed by atoms with van der Waals surface area (Å²) < 4.78 is 48.1. The van der Waals surface area contributed by atoms with Gasteiger partial charge in [-0.3, -0.25) is 9.69 Å². The van der Waals surface area contributed by atoms with Crippen molar-refractivity contribution >= 4 is 11.9 Å².